The van der Waals surface area contributed by atoms with E-state index in [1.54, 1.807) is 0 Å². The van der Waals surface area contributed by atoms with Gasteiger partial charge in [-0.25, -0.2) is 0 Å². The third-order valence-electron chi connectivity index (χ3n) is 4.90. The Balaban J connectivity index is 1.64. The fraction of sp³-hybridized carbons (Fsp3) is 0.556. The molecule has 146 valence electrons. The Morgan fingerprint density at radius 3 is 2.48 bits per heavy atom. The van der Waals surface area contributed by atoms with Gasteiger partial charge in [0.25, 0.3) is 0 Å². The molecule has 0 bridgehead atoms. The quantitative estimate of drug-likeness (QED) is 0.772. The van der Waals surface area contributed by atoms with Crippen LogP contribution in [0.3, 0.4) is 0 Å². The van der Waals surface area contributed by atoms with Crippen molar-refractivity contribution < 1.29 is 18.0 Å². The number of alkyl halides is 3. The Bertz CT molecular complexity index is 724. The minimum Gasteiger partial charge on any atom is -0.353 e. The van der Waals surface area contributed by atoms with Gasteiger partial charge in [0.1, 0.15) is 0 Å². The van der Waals surface area contributed by atoms with Gasteiger partial charge in [0.15, 0.2) is 5.82 Å². The minimum atomic E-state index is -4.36. The first-order valence-electron chi connectivity index (χ1n) is 9.08. The summed E-state index contributed by atoms with van der Waals surface area (Å²) in [6.07, 6.45) is 1.33. The predicted octanol–water partition coefficient (Wildman–Crippen LogP) is 3.07. The number of H-pyrrole nitrogens is 1. The molecule has 27 heavy (non-hydrogen) atoms. The van der Waals surface area contributed by atoms with Gasteiger partial charge in [-0.2, -0.15) is 18.4 Å². The molecule has 2 aromatic rings. The van der Waals surface area contributed by atoms with Crippen molar-refractivity contribution in [1.29, 1.82) is 0 Å². The van der Waals surface area contributed by atoms with E-state index in [4.69, 9.17) is 0 Å². The van der Waals surface area contributed by atoms with E-state index in [0.717, 1.165) is 37.8 Å². The summed E-state index contributed by atoms with van der Waals surface area (Å²) >= 11 is 0. The molecule has 0 unspecified atom stereocenters. The summed E-state index contributed by atoms with van der Waals surface area (Å²) in [7, 11) is 0. The summed E-state index contributed by atoms with van der Waals surface area (Å²) in [6, 6.07) is 4.68. The van der Waals surface area contributed by atoms with Crippen LogP contribution in [-0.2, 0) is 23.8 Å². The Labute approximate surface area is 154 Å². The zero-order chi connectivity index (χ0) is 19.3. The SMILES string of the molecule is O=C(CC1CCCC1)N[C@@H](Cc1ccc(C(F)(F)F)cc1)Cc1nn[nH]n1. The van der Waals surface area contributed by atoms with E-state index in [0.29, 0.717) is 36.6 Å². The lowest BCUT2D eigenvalue weighted by atomic mass is 9.99. The molecule has 1 aromatic carbocycles. The smallest absolute Gasteiger partial charge is 0.353 e. The zero-order valence-electron chi connectivity index (χ0n) is 14.8. The Morgan fingerprint density at radius 2 is 1.89 bits per heavy atom. The van der Waals surface area contributed by atoms with Crippen molar-refractivity contribution in [3.63, 3.8) is 0 Å². The van der Waals surface area contributed by atoms with Crippen molar-refractivity contribution in [3.8, 4) is 0 Å². The maximum atomic E-state index is 12.7. The monoisotopic (exact) mass is 381 g/mol. The second-order valence-corrected chi connectivity index (χ2v) is 7.05. The number of carbonyl (C=O) groups excluding carboxylic acids is 1. The second-order valence-electron chi connectivity index (χ2n) is 7.05. The van der Waals surface area contributed by atoms with Gasteiger partial charge < -0.3 is 5.32 Å². The molecule has 1 aliphatic carbocycles. The normalized spacial score (nSPS) is 16.4. The Morgan fingerprint density at radius 1 is 1.19 bits per heavy atom. The first kappa shape index (κ1) is 19.3. The largest absolute Gasteiger partial charge is 0.416 e. The lowest BCUT2D eigenvalue weighted by Crippen LogP contribution is -2.39. The van der Waals surface area contributed by atoms with Crippen LogP contribution in [0.4, 0.5) is 13.2 Å². The standard InChI is InChI=1S/C18H22F3N5O/c19-18(20,21)14-7-5-13(6-8-14)9-15(11-16-23-25-26-24-16)22-17(27)10-12-3-1-2-4-12/h5-8,12,15H,1-4,9-11H2,(H,22,27)(H,23,24,25,26)/t15-/m0/s1. The van der Waals surface area contributed by atoms with Crippen LogP contribution in [-0.4, -0.2) is 32.6 Å². The molecule has 1 heterocycles. The molecule has 0 saturated heterocycles. The van der Waals surface area contributed by atoms with Gasteiger partial charge in [0.05, 0.1) is 5.56 Å². The summed E-state index contributed by atoms with van der Waals surface area (Å²) < 4.78 is 38.1. The van der Waals surface area contributed by atoms with Gasteiger partial charge in [-0.1, -0.05) is 30.2 Å². The second kappa shape index (κ2) is 8.49. The fourth-order valence-corrected chi connectivity index (χ4v) is 3.54. The van der Waals surface area contributed by atoms with Crippen LogP contribution in [0.1, 0.15) is 49.1 Å². The summed E-state index contributed by atoms with van der Waals surface area (Å²) in [4.78, 5) is 12.4. The number of benzene rings is 1. The average Bonchev–Trinajstić information content (AvgIpc) is 3.28. The molecule has 6 nitrogen and oxygen atoms in total. The lowest BCUT2D eigenvalue weighted by molar-refractivity contribution is -0.137. The number of amides is 1. The molecule has 3 rings (SSSR count). The van der Waals surface area contributed by atoms with Crippen LogP contribution >= 0.6 is 0 Å². The molecule has 1 amide bonds. The van der Waals surface area contributed by atoms with Crippen molar-refractivity contribution >= 4 is 5.91 Å². The average molecular weight is 381 g/mol. The lowest BCUT2D eigenvalue weighted by Gasteiger charge is -2.19. The van der Waals surface area contributed by atoms with Crippen LogP contribution in [0.25, 0.3) is 0 Å². The number of hydrogen-bond acceptors (Lipinski definition) is 4. The number of nitrogens with one attached hydrogen (secondary N) is 2. The van der Waals surface area contributed by atoms with Gasteiger partial charge in [-0.05, 0) is 42.9 Å². The Hall–Kier alpha value is -2.45. The first-order valence-corrected chi connectivity index (χ1v) is 9.08. The first-order chi connectivity index (χ1) is 12.9. The third-order valence-corrected chi connectivity index (χ3v) is 4.90. The highest BCUT2D eigenvalue weighted by molar-refractivity contribution is 5.76. The van der Waals surface area contributed by atoms with Crippen molar-refractivity contribution in [3.05, 3.63) is 41.2 Å². The number of nitrogens with zero attached hydrogens (tertiary/aromatic N) is 3. The molecule has 0 radical (unpaired) electrons. The molecular formula is C18H22F3N5O. The summed E-state index contributed by atoms with van der Waals surface area (Å²) in [6.45, 7) is 0. The van der Waals surface area contributed by atoms with Gasteiger partial charge in [0, 0.05) is 18.9 Å². The third kappa shape index (κ3) is 5.77. The minimum absolute atomic E-state index is 0.0395. The molecule has 1 aromatic heterocycles. The summed E-state index contributed by atoms with van der Waals surface area (Å²) in [5.41, 5.74) is 0.0175. The maximum absolute atomic E-state index is 12.7. The summed E-state index contributed by atoms with van der Waals surface area (Å²) in [5.74, 6) is 0.831. The fourth-order valence-electron chi connectivity index (χ4n) is 3.54. The van der Waals surface area contributed by atoms with E-state index in [1.165, 1.54) is 12.1 Å². The van der Waals surface area contributed by atoms with Crippen LogP contribution in [0, 0.1) is 5.92 Å². The number of rotatable bonds is 7. The number of aromatic amines is 1. The van der Waals surface area contributed by atoms with Crippen molar-refractivity contribution in [1.82, 2.24) is 25.9 Å². The maximum Gasteiger partial charge on any atom is 0.416 e. The van der Waals surface area contributed by atoms with Crippen molar-refractivity contribution in [2.75, 3.05) is 0 Å². The molecular weight excluding hydrogens is 359 g/mol. The van der Waals surface area contributed by atoms with Crippen molar-refractivity contribution in [2.45, 2.75) is 57.2 Å². The van der Waals surface area contributed by atoms with E-state index < -0.39 is 11.7 Å². The van der Waals surface area contributed by atoms with Gasteiger partial charge in [-0.3, -0.25) is 4.79 Å². The number of hydrogen-bond donors (Lipinski definition) is 2. The molecule has 1 aliphatic rings. The molecule has 2 N–H and O–H groups in total. The summed E-state index contributed by atoms with van der Waals surface area (Å²) in [5, 5.41) is 16.7. The molecule has 9 heteroatoms. The Kier molecular flexibility index (Phi) is 6.08. The van der Waals surface area contributed by atoms with E-state index in [1.807, 2.05) is 0 Å². The van der Waals surface area contributed by atoms with Crippen LogP contribution < -0.4 is 5.32 Å². The number of carbonyl (C=O) groups is 1. The van der Waals surface area contributed by atoms with E-state index in [-0.39, 0.29) is 11.9 Å². The van der Waals surface area contributed by atoms with E-state index >= 15 is 0 Å². The van der Waals surface area contributed by atoms with Crippen LogP contribution in [0.15, 0.2) is 24.3 Å². The van der Waals surface area contributed by atoms with Crippen LogP contribution in [0.5, 0.6) is 0 Å². The number of halogens is 3. The van der Waals surface area contributed by atoms with Gasteiger partial charge in [0.2, 0.25) is 5.91 Å². The molecule has 1 fully saturated rings. The predicted molar refractivity (Wildman–Crippen MR) is 91.5 cm³/mol. The van der Waals surface area contributed by atoms with Crippen LogP contribution in [0.2, 0.25) is 0 Å². The molecule has 0 spiro atoms. The van der Waals surface area contributed by atoms with E-state index in [9.17, 15) is 18.0 Å². The van der Waals surface area contributed by atoms with Gasteiger partial charge in [-0.15, -0.1) is 10.2 Å². The molecule has 0 aliphatic heterocycles. The van der Waals surface area contributed by atoms with Gasteiger partial charge >= 0.3 is 6.18 Å². The van der Waals surface area contributed by atoms with Crippen molar-refractivity contribution in [2.24, 2.45) is 5.92 Å². The molecule has 1 atom stereocenters. The highest BCUT2D eigenvalue weighted by atomic mass is 19.4. The topological polar surface area (TPSA) is 83.6 Å². The highest BCUT2D eigenvalue weighted by Crippen LogP contribution is 2.29. The number of aromatic nitrogens is 4. The number of tetrazole rings is 1. The van der Waals surface area contributed by atoms with E-state index in [2.05, 4.69) is 25.9 Å². The zero-order valence-corrected chi connectivity index (χ0v) is 14.8. The molecule has 1 saturated carbocycles. The highest BCUT2D eigenvalue weighted by Gasteiger charge is 2.30.